The van der Waals surface area contributed by atoms with Crippen LogP contribution in [0.5, 0.6) is 11.5 Å². The van der Waals surface area contributed by atoms with Gasteiger partial charge in [-0.15, -0.1) is 0 Å². The van der Waals surface area contributed by atoms with Crippen LogP contribution in [0, 0.1) is 0 Å². The predicted molar refractivity (Wildman–Crippen MR) is 82.0 cm³/mol. The first-order valence-corrected chi connectivity index (χ1v) is 7.44. The number of carbonyl (C=O) groups excluding carboxylic acids is 1. The van der Waals surface area contributed by atoms with Gasteiger partial charge in [-0.1, -0.05) is 0 Å². The zero-order valence-corrected chi connectivity index (χ0v) is 13.0. The molecule has 0 bridgehead atoms. The second kappa shape index (κ2) is 9.23. The molecule has 0 aliphatic heterocycles. The number of amides is 1. The number of carbonyl (C=O) groups is 1. The van der Waals surface area contributed by atoms with Crippen LogP contribution in [0.25, 0.3) is 0 Å². The van der Waals surface area contributed by atoms with Gasteiger partial charge in [0.1, 0.15) is 0 Å². The van der Waals surface area contributed by atoms with Gasteiger partial charge in [0.15, 0.2) is 11.5 Å². The molecule has 0 saturated heterocycles. The zero-order valence-electron chi connectivity index (χ0n) is 13.0. The number of benzene rings is 1. The SMILES string of the molecule is CCOc1ccc(C(=O)NCCCC(C)O)cc1OCC. The molecular weight excluding hydrogens is 270 g/mol. The van der Waals surface area contributed by atoms with Gasteiger partial charge < -0.3 is 19.9 Å². The number of hydrogen-bond donors (Lipinski definition) is 2. The number of nitrogens with one attached hydrogen (secondary N) is 1. The average Bonchev–Trinajstić information content (AvgIpc) is 2.45. The molecule has 5 heteroatoms. The smallest absolute Gasteiger partial charge is 0.251 e. The highest BCUT2D eigenvalue weighted by Crippen LogP contribution is 2.28. The topological polar surface area (TPSA) is 67.8 Å². The molecule has 0 heterocycles. The minimum absolute atomic E-state index is 0.149. The molecule has 0 saturated carbocycles. The van der Waals surface area contributed by atoms with Crippen molar-refractivity contribution in [3.8, 4) is 11.5 Å². The van der Waals surface area contributed by atoms with E-state index >= 15 is 0 Å². The summed E-state index contributed by atoms with van der Waals surface area (Å²) in [6, 6.07) is 5.16. The summed E-state index contributed by atoms with van der Waals surface area (Å²) in [6.07, 6.45) is 1.09. The van der Waals surface area contributed by atoms with Crippen molar-refractivity contribution in [1.29, 1.82) is 0 Å². The van der Waals surface area contributed by atoms with Crippen LogP contribution in [-0.2, 0) is 0 Å². The lowest BCUT2D eigenvalue weighted by molar-refractivity contribution is 0.0949. The van der Waals surface area contributed by atoms with Crippen molar-refractivity contribution in [3.63, 3.8) is 0 Å². The van der Waals surface area contributed by atoms with Crippen molar-refractivity contribution in [2.75, 3.05) is 19.8 Å². The number of hydrogen-bond acceptors (Lipinski definition) is 4. The predicted octanol–water partition coefficient (Wildman–Crippen LogP) is 2.37. The van der Waals surface area contributed by atoms with Crippen molar-refractivity contribution >= 4 is 5.91 Å². The highest BCUT2D eigenvalue weighted by molar-refractivity contribution is 5.94. The monoisotopic (exact) mass is 295 g/mol. The standard InChI is InChI=1S/C16H25NO4/c1-4-20-14-9-8-13(11-15(14)21-5-2)16(19)17-10-6-7-12(3)18/h8-9,11-12,18H,4-7,10H2,1-3H3,(H,17,19). The minimum Gasteiger partial charge on any atom is -0.490 e. The first-order valence-electron chi connectivity index (χ1n) is 7.44. The number of rotatable bonds is 9. The van der Waals surface area contributed by atoms with Crippen molar-refractivity contribution in [3.05, 3.63) is 23.8 Å². The number of aliphatic hydroxyl groups is 1. The Labute approximate surface area is 126 Å². The van der Waals surface area contributed by atoms with E-state index in [4.69, 9.17) is 14.6 Å². The molecule has 1 atom stereocenters. The lowest BCUT2D eigenvalue weighted by atomic mass is 10.1. The van der Waals surface area contributed by atoms with E-state index < -0.39 is 0 Å². The fourth-order valence-electron chi connectivity index (χ4n) is 1.89. The van der Waals surface area contributed by atoms with Crippen molar-refractivity contribution in [2.45, 2.75) is 39.7 Å². The summed E-state index contributed by atoms with van der Waals surface area (Å²) < 4.78 is 11.0. The lowest BCUT2D eigenvalue weighted by Crippen LogP contribution is -2.25. The van der Waals surface area contributed by atoms with E-state index in [0.717, 1.165) is 6.42 Å². The van der Waals surface area contributed by atoms with E-state index in [2.05, 4.69) is 5.32 Å². The molecule has 1 amide bonds. The van der Waals surface area contributed by atoms with E-state index in [1.807, 2.05) is 13.8 Å². The van der Waals surface area contributed by atoms with E-state index in [-0.39, 0.29) is 12.0 Å². The van der Waals surface area contributed by atoms with Gasteiger partial charge in [-0.05, 0) is 51.8 Å². The van der Waals surface area contributed by atoms with Crippen LogP contribution < -0.4 is 14.8 Å². The molecule has 21 heavy (non-hydrogen) atoms. The molecule has 1 rings (SSSR count). The van der Waals surface area contributed by atoms with E-state index in [9.17, 15) is 4.79 Å². The molecule has 0 spiro atoms. The quantitative estimate of drug-likeness (QED) is 0.686. The molecule has 1 unspecified atom stereocenters. The zero-order chi connectivity index (χ0) is 15.7. The molecule has 0 radical (unpaired) electrons. The molecule has 5 nitrogen and oxygen atoms in total. The molecule has 0 aromatic heterocycles. The third-order valence-corrected chi connectivity index (χ3v) is 2.89. The van der Waals surface area contributed by atoms with Gasteiger partial charge in [-0.25, -0.2) is 0 Å². The van der Waals surface area contributed by atoms with Crippen molar-refractivity contribution in [2.24, 2.45) is 0 Å². The van der Waals surface area contributed by atoms with Crippen LogP contribution in [0.4, 0.5) is 0 Å². The maximum absolute atomic E-state index is 12.0. The van der Waals surface area contributed by atoms with Crippen LogP contribution in [0.15, 0.2) is 18.2 Å². The summed E-state index contributed by atoms with van der Waals surface area (Å²) in [5.74, 6) is 1.07. The summed E-state index contributed by atoms with van der Waals surface area (Å²) in [6.45, 7) is 7.13. The highest BCUT2D eigenvalue weighted by Gasteiger charge is 2.11. The van der Waals surface area contributed by atoms with E-state index in [1.54, 1.807) is 25.1 Å². The molecule has 0 aliphatic rings. The maximum Gasteiger partial charge on any atom is 0.251 e. The normalized spacial score (nSPS) is 11.8. The summed E-state index contributed by atoms with van der Waals surface area (Å²) >= 11 is 0. The second-order valence-corrected chi connectivity index (χ2v) is 4.77. The summed E-state index contributed by atoms with van der Waals surface area (Å²) in [7, 11) is 0. The minimum atomic E-state index is -0.336. The third kappa shape index (κ3) is 6.04. The van der Waals surface area contributed by atoms with E-state index in [1.165, 1.54) is 0 Å². The van der Waals surface area contributed by atoms with Gasteiger partial charge in [0.25, 0.3) is 5.91 Å². The van der Waals surface area contributed by atoms with E-state index in [0.29, 0.717) is 43.2 Å². The molecule has 0 fully saturated rings. The van der Waals surface area contributed by atoms with Crippen LogP contribution in [0.1, 0.15) is 44.0 Å². The number of ether oxygens (including phenoxy) is 2. The van der Waals surface area contributed by atoms with Gasteiger partial charge in [0.05, 0.1) is 19.3 Å². The molecule has 1 aromatic carbocycles. The first-order chi connectivity index (χ1) is 10.1. The average molecular weight is 295 g/mol. The third-order valence-electron chi connectivity index (χ3n) is 2.89. The molecule has 0 aliphatic carbocycles. The van der Waals surface area contributed by atoms with Gasteiger partial charge in [-0.3, -0.25) is 4.79 Å². The number of aliphatic hydroxyl groups excluding tert-OH is 1. The Kier molecular flexibility index (Phi) is 7.61. The van der Waals surface area contributed by atoms with Gasteiger partial charge in [0, 0.05) is 12.1 Å². The maximum atomic E-state index is 12.0. The van der Waals surface area contributed by atoms with Crippen LogP contribution in [0.2, 0.25) is 0 Å². The molecule has 1 aromatic rings. The Morgan fingerprint density at radius 3 is 2.52 bits per heavy atom. The summed E-state index contributed by atoms with van der Waals surface area (Å²) in [4.78, 5) is 12.0. The van der Waals surface area contributed by atoms with Crippen LogP contribution >= 0.6 is 0 Å². The Hall–Kier alpha value is -1.75. The highest BCUT2D eigenvalue weighted by atomic mass is 16.5. The largest absolute Gasteiger partial charge is 0.490 e. The fraction of sp³-hybridized carbons (Fsp3) is 0.562. The Bertz CT molecular complexity index is 446. The van der Waals surface area contributed by atoms with Gasteiger partial charge in [-0.2, -0.15) is 0 Å². The lowest BCUT2D eigenvalue weighted by Gasteiger charge is -2.12. The first kappa shape index (κ1) is 17.3. The summed E-state index contributed by atoms with van der Waals surface area (Å²) in [5, 5.41) is 12.0. The van der Waals surface area contributed by atoms with Crippen LogP contribution in [0.3, 0.4) is 0 Å². The molecule has 118 valence electrons. The Morgan fingerprint density at radius 2 is 1.90 bits per heavy atom. The van der Waals surface area contributed by atoms with Crippen LogP contribution in [-0.4, -0.2) is 36.9 Å². The summed E-state index contributed by atoms with van der Waals surface area (Å²) in [5.41, 5.74) is 0.541. The fourth-order valence-corrected chi connectivity index (χ4v) is 1.89. The van der Waals surface area contributed by atoms with Gasteiger partial charge in [0.2, 0.25) is 0 Å². The van der Waals surface area contributed by atoms with Crippen molar-refractivity contribution in [1.82, 2.24) is 5.32 Å². The van der Waals surface area contributed by atoms with Gasteiger partial charge >= 0.3 is 0 Å². The molecule has 2 N–H and O–H groups in total. The second-order valence-electron chi connectivity index (χ2n) is 4.77. The Morgan fingerprint density at radius 1 is 1.24 bits per heavy atom. The Balaban J connectivity index is 2.64. The van der Waals surface area contributed by atoms with Crippen molar-refractivity contribution < 1.29 is 19.4 Å². The molecular formula is C16H25NO4.